The van der Waals surface area contributed by atoms with Gasteiger partial charge in [-0.3, -0.25) is 19.2 Å². The summed E-state index contributed by atoms with van der Waals surface area (Å²) in [5, 5.41) is 8.32. The molecule has 2 aliphatic rings. The van der Waals surface area contributed by atoms with Crippen LogP contribution in [0, 0.1) is 10.8 Å². The summed E-state index contributed by atoms with van der Waals surface area (Å²) < 4.78 is 5.58. The van der Waals surface area contributed by atoms with E-state index in [2.05, 4.69) is 16.0 Å². The number of nitrogens with one attached hydrogen (secondary N) is 3. The monoisotopic (exact) mass is 635 g/mol. The number of urea groups is 1. The first-order chi connectivity index (χ1) is 20.7. The number of amides is 5. The highest BCUT2D eigenvalue weighted by Crippen LogP contribution is 2.32. The predicted octanol–water partition coefficient (Wildman–Crippen LogP) is 3.49. The van der Waals surface area contributed by atoms with E-state index in [1.165, 1.54) is 4.90 Å². The third kappa shape index (κ3) is 11.6. The number of hydrogen-bond acceptors (Lipinski definition) is 7. The molecule has 256 valence electrons. The Balaban J connectivity index is 2.40. The van der Waals surface area contributed by atoms with Crippen LogP contribution in [0.2, 0.25) is 0 Å². The molecule has 2 aliphatic heterocycles. The van der Waals surface area contributed by atoms with Crippen molar-refractivity contribution in [3.63, 3.8) is 0 Å². The standard InChI is InChI=1S/C33H57N5O7/c1-31(2,3)25(29(43)45-32(4,5)6)37-30(44)36-24-28(42)38-20-16-18-22(38)27(41)35-21(23(39)26(34)40)17-14-12-10-9-11-13-15-19-33(24,7)8/h21-22,24-25H,9-20H2,1-8H3,(H2,34,40)(H,35,41)(H2,36,37,44)/t21-,22-,24+,25+/m0/s1. The van der Waals surface area contributed by atoms with Crippen molar-refractivity contribution in [3.05, 3.63) is 0 Å². The van der Waals surface area contributed by atoms with Crippen LogP contribution < -0.4 is 21.7 Å². The van der Waals surface area contributed by atoms with E-state index in [4.69, 9.17) is 10.5 Å². The van der Waals surface area contributed by atoms with Crippen molar-refractivity contribution >= 4 is 35.5 Å². The molecule has 2 fully saturated rings. The van der Waals surface area contributed by atoms with E-state index in [0.717, 1.165) is 38.5 Å². The van der Waals surface area contributed by atoms with Gasteiger partial charge in [-0.15, -0.1) is 0 Å². The molecular weight excluding hydrogens is 578 g/mol. The molecule has 0 unspecified atom stereocenters. The number of hydrogen-bond donors (Lipinski definition) is 4. The lowest BCUT2D eigenvalue weighted by molar-refractivity contribution is -0.160. The molecule has 0 aromatic rings. The number of esters is 1. The van der Waals surface area contributed by atoms with Crippen molar-refractivity contribution < 1.29 is 33.5 Å². The molecule has 0 radical (unpaired) electrons. The lowest BCUT2D eigenvalue weighted by Crippen LogP contribution is -2.62. The van der Waals surface area contributed by atoms with Crippen molar-refractivity contribution in [1.82, 2.24) is 20.9 Å². The summed E-state index contributed by atoms with van der Waals surface area (Å²) in [6, 6.07) is -4.62. The third-order valence-electron chi connectivity index (χ3n) is 8.62. The predicted molar refractivity (Wildman–Crippen MR) is 171 cm³/mol. The van der Waals surface area contributed by atoms with Crippen LogP contribution in [-0.2, 0) is 28.7 Å². The smallest absolute Gasteiger partial charge is 0.329 e. The molecule has 12 nitrogen and oxygen atoms in total. The van der Waals surface area contributed by atoms with Crippen LogP contribution in [0.15, 0.2) is 0 Å². The number of primary amides is 1. The largest absolute Gasteiger partial charge is 0.458 e. The van der Waals surface area contributed by atoms with E-state index in [0.29, 0.717) is 32.2 Å². The molecule has 4 atom stereocenters. The first-order valence-electron chi connectivity index (χ1n) is 16.5. The zero-order valence-electron chi connectivity index (χ0n) is 28.7. The van der Waals surface area contributed by atoms with Crippen molar-refractivity contribution in [1.29, 1.82) is 0 Å². The second-order valence-electron chi connectivity index (χ2n) is 15.4. The minimum Gasteiger partial charge on any atom is -0.458 e. The van der Waals surface area contributed by atoms with E-state index in [-0.39, 0.29) is 6.42 Å². The maximum atomic E-state index is 14.3. The summed E-state index contributed by atoms with van der Waals surface area (Å²) in [4.78, 5) is 80.2. The Kier molecular flexibility index (Phi) is 13.4. The van der Waals surface area contributed by atoms with Gasteiger partial charge in [0.15, 0.2) is 0 Å². The third-order valence-corrected chi connectivity index (χ3v) is 8.62. The van der Waals surface area contributed by atoms with Crippen LogP contribution in [0.3, 0.4) is 0 Å². The highest BCUT2D eigenvalue weighted by Gasteiger charge is 2.45. The van der Waals surface area contributed by atoms with Crippen LogP contribution in [0.25, 0.3) is 0 Å². The Morgan fingerprint density at radius 3 is 2.04 bits per heavy atom. The van der Waals surface area contributed by atoms with E-state index >= 15 is 0 Å². The van der Waals surface area contributed by atoms with Gasteiger partial charge in [0.25, 0.3) is 5.91 Å². The van der Waals surface area contributed by atoms with Crippen molar-refractivity contribution in [2.75, 3.05) is 6.54 Å². The van der Waals surface area contributed by atoms with E-state index in [1.807, 2.05) is 34.6 Å². The minimum absolute atomic E-state index is 0.290. The topological polar surface area (TPSA) is 177 Å². The fourth-order valence-corrected chi connectivity index (χ4v) is 6.02. The molecular formula is C33H57N5O7. The molecule has 2 heterocycles. The Labute approximate surface area is 268 Å². The molecule has 5 N–H and O–H groups in total. The molecule has 2 rings (SSSR count). The van der Waals surface area contributed by atoms with Crippen molar-refractivity contribution in [3.8, 4) is 0 Å². The molecule has 0 aliphatic carbocycles. The Hall–Kier alpha value is -3.18. The van der Waals surface area contributed by atoms with Crippen molar-refractivity contribution in [2.45, 2.75) is 156 Å². The molecule has 12 heteroatoms. The number of nitrogens with zero attached hydrogens (tertiary/aromatic N) is 1. The number of fused-ring (bicyclic) bond motifs is 1. The number of ether oxygens (including phenoxy) is 1. The fraction of sp³-hybridized carbons (Fsp3) is 0.818. The maximum Gasteiger partial charge on any atom is 0.329 e. The van der Waals surface area contributed by atoms with Gasteiger partial charge in [0.1, 0.15) is 23.7 Å². The molecule has 0 spiro atoms. The molecule has 5 amide bonds. The van der Waals surface area contributed by atoms with Gasteiger partial charge in [-0.05, 0) is 57.3 Å². The zero-order chi connectivity index (χ0) is 34.2. The summed E-state index contributed by atoms with van der Waals surface area (Å²) >= 11 is 0. The summed E-state index contributed by atoms with van der Waals surface area (Å²) in [5.41, 5.74) is 3.14. The zero-order valence-corrected chi connectivity index (χ0v) is 28.7. The minimum atomic E-state index is -1.11. The van der Waals surface area contributed by atoms with E-state index in [1.54, 1.807) is 20.8 Å². The quantitative estimate of drug-likeness (QED) is 0.264. The average Bonchev–Trinajstić information content (AvgIpc) is 3.40. The number of ketones is 1. The molecule has 0 aromatic heterocycles. The maximum absolute atomic E-state index is 14.3. The summed E-state index contributed by atoms with van der Waals surface area (Å²) in [6.07, 6.45) is 8.15. The van der Waals surface area contributed by atoms with Gasteiger partial charge in [0, 0.05) is 6.54 Å². The van der Waals surface area contributed by atoms with Crippen LogP contribution >= 0.6 is 0 Å². The van der Waals surface area contributed by atoms with Gasteiger partial charge in [-0.1, -0.05) is 79.6 Å². The van der Waals surface area contributed by atoms with Gasteiger partial charge in [0.05, 0.1) is 6.04 Å². The molecule has 2 saturated heterocycles. The lowest BCUT2D eigenvalue weighted by Gasteiger charge is -2.39. The lowest BCUT2D eigenvalue weighted by atomic mass is 9.78. The van der Waals surface area contributed by atoms with Gasteiger partial charge in [0.2, 0.25) is 17.6 Å². The number of Topliss-reactive ketones (excluding diaryl/α,β-unsaturated/α-hetero) is 1. The second kappa shape index (κ2) is 15.9. The van der Waals surface area contributed by atoms with Gasteiger partial charge < -0.3 is 31.3 Å². The van der Waals surface area contributed by atoms with E-state index in [9.17, 15) is 28.8 Å². The normalized spacial score (nSPS) is 24.8. The van der Waals surface area contributed by atoms with Crippen LogP contribution in [0.4, 0.5) is 4.79 Å². The van der Waals surface area contributed by atoms with Gasteiger partial charge in [-0.25, -0.2) is 9.59 Å². The SMILES string of the molecule is CC(C)(C)OC(=O)[C@@H](NC(=O)N[C@@H]1C(=O)N2CCC[C@H]2C(=O)N[C@H](C(=O)C(N)=O)CCCCCCCCCC1(C)C)C(C)(C)C. The summed E-state index contributed by atoms with van der Waals surface area (Å²) in [7, 11) is 0. The Bertz CT molecular complexity index is 1090. The number of carbonyl (C=O) groups is 6. The fourth-order valence-electron chi connectivity index (χ4n) is 6.02. The van der Waals surface area contributed by atoms with Gasteiger partial charge >= 0.3 is 12.0 Å². The number of rotatable bonds is 5. The van der Waals surface area contributed by atoms with Crippen LogP contribution in [-0.4, -0.2) is 76.7 Å². The summed E-state index contributed by atoms with van der Waals surface area (Å²) in [5.74, 6) is -3.49. The first kappa shape index (κ1) is 38.0. The van der Waals surface area contributed by atoms with Crippen molar-refractivity contribution in [2.24, 2.45) is 16.6 Å². The average molecular weight is 636 g/mol. The molecule has 0 bridgehead atoms. The number of nitrogens with two attached hydrogens (primary N) is 1. The Morgan fingerprint density at radius 2 is 1.49 bits per heavy atom. The van der Waals surface area contributed by atoms with Crippen LogP contribution in [0.5, 0.6) is 0 Å². The Morgan fingerprint density at radius 1 is 0.911 bits per heavy atom. The van der Waals surface area contributed by atoms with Crippen LogP contribution in [0.1, 0.15) is 126 Å². The van der Waals surface area contributed by atoms with Gasteiger partial charge in [-0.2, -0.15) is 0 Å². The molecule has 0 aromatic carbocycles. The highest BCUT2D eigenvalue weighted by atomic mass is 16.6. The highest BCUT2D eigenvalue weighted by molar-refractivity contribution is 6.37. The first-order valence-corrected chi connectivity index (χ1v) is 16.5. The number of carbonyl (C=O) groups excluding carboxylic acids is 6. The molecule has 0 saturated carbocycles. The molecule has 45 heavy (non-hydrogen) atoms. The second-order valence-corrected chi connectivity index (χ2v) is 15.4. The van der Waals surface area contributed by atoms with E-state index < -0.39 is 76.1 Å². The summed E-state index contributed by atoms with van der Waals surface area (Å²) in [6.45, 7) is 14.8.